The standard InChI is InChI=1S/C12H12ClNO4/c13-9-3-1-2-8(4-9)5-14-10(12(16)17)6-18-7-11(14)15/h1-4,10H,5-7H2,(H,16,17). The van der Waals surface area contributed by atoms with Gasteiger partial charge in [0, 0.05) is 11.6 Å². The third kappa shape index (κ3) is 2.80. The molecule has 0 aromatic heterocycles. The van der Waals surface area contributed by atoms with Gasteiger partial charge in [-0.1, -0.05) is 23.7 Å². The summed E-state index contributed by atoms with van der Waals surface area (Å²) in [6.45, 7) is 0.158. The molecule has 0 bridgehead atoms. The van der Waals surface area contributed by atoms with E-state index in [1.165, 1.54) is 4.90 Å². The number of carboxylic acids is 1. The van der Waals surface area contributed by atoms with Gasteiger partial charge in [0.1, 0.15) is 6.61 Å². The van der Waals surface area contributed by atoms with Crippen molar-refractivity contribution in [1.82, 2.24) is 4.90 Å². The molecule has 96 valence electrons. The highest BCUT2D eigenvalue weighted by Gasteiger charge is 2.33. The van der Waals surface area contributed by atoms with Gasteiger partial charge in [-0.3, -0.25) is 4.79 Å². The smallest absolute Gasteiger partial charge is 0.328 e. The molecule has 1 aromatic rings. The summed E-state index contributed by atoms with van der Waals surface area (Å²) >= 11 is 5.85. The predicted molar refractivity (Wildman–Crippen MR) is 64.2 cm³/mol. The molecule has 0 radical (unpaired) electrons. The summed E-state index contributed by atoms with van der Waals surface area (Å²) in [6.07, 6.45) is 0. The zero-order chi connectivity index (χ0) is 13.1. The van der Waals surface area contributed by atoms with Gasteiger partial charge in [0.05, 0.1) is 6.61 Å². The van der Waals surface area contributed by atoms with E-state index in [9.17, 15) is 9.59 Å². The fourth-order valence-electron chi connectivity index (χ4n) is 1.84. The molecule has 2 rings (SSSR count). The number of carboxylic acid groups (broad SMARTS) is 1. The Labute approximate surface area is 109 Å². The summed E-state index contributed by atoms with van der Waals surface area (Å²) in [5, 5.41) is 9.61. The highest BCUT2D eigenvalue weighted by molar-refractivity contribution is 6.30. The maximum atomic E-state index is 11.7. The van der Waals surface area contributed by atoms with Crippen LogP contribution in [-0.4, -0.2) is 41.1 Å². The Balaban J connectivity index is 2.18. The summed E-state index contributed by atoms with van der Waals surface area (Å²) < 4.78 is 4.95. The summed E-state index contributed by atoms with van der Waals surface area (Å²) in [5.41, 5.74) is 0.795. The molecule has 1 atom stereocenters. The van der Waals surface area contributed by atoms with Crippen LogP contribution in [0.25, 0.3) is 0 Å². The number of rotatable bonds is 3. The molecule has 0 spiro atoms. The molecule has 0 saturated carbocycles. The van der Waals surface area contributed by atoms with Crippen LogP contribution in [0.15, 0.2) is 24.3 Å². The van der Waals surface area contributed by atoms with Crippen molar-refractivity contribution in [2.24, 2.45) is 0 Å². The second-order valence-electron chi connectivity index (χ2n) is 4.02. The van der Waals surface area contributed by atoms with Crippen LogP contribution in [0, 0.1) is 0 Å². The Hall–Kier alpha value is -1.59. The van der Waals surface area contributed by atoms with Gasteiger partial charge in [0.15, 0.2) is 6.04 Å². The van der Waals surface area contributed by atoms with Gasteiger partial charge in [-0.05, 0) is 17.7 Å². The van der Waals surface area contributed by atoms with Crippen molar-refractivity contribution >= 4 is 23.5 Å². The van der Waals surface area contributed by atoms with Gasteiger partial charge < -0.3 is 14.7 Å². The second kappa shape index (κ2) is 5.37. The Kier molecular flexibility index (Phi) is 3.84. The highest BCUT2D eigenvalue weighted by atomic mass is 35.5. The van der Waals surface area contributed by atoms with Crippen molar-refractivity contribution in [3.8, 4) is 0 Å². The van der Waals surface area contributed by atoms with Crippen LogP contribution in [0.5, 0.6) is 0 Å². The molecule has 1 saturated heterocycles. The fourth-order valence-corrected chi connectivity index (χ4v) is 2.05. The van der Waals surface area contributed by atoms with E-state index < -0.39 is 12.0 Å². The van der Waals surface area contributed by atoms with Crippen molar-refractivity contribution in [3.05, 3.63) is 34.9 Å². The van der Waals surface area contributed by atoms with E-state index in [1.54, 1.807) is 24.3 Å². The zero-order valence-electron chi connectivity index (χ0n) is 9.51. The topological polar surface area (TPSA) is 66.8 Å². The maximum Gasteiger partial charge on any atom is 0.328 e. The van der Waals surface area contributed by atoms with Crippen LogP contribution >= 0.6 is 11.6 Å². The van der Waals surface area contributed by atoms with Crippen LogP contribution in [0.1, 0.15) is 5.56 Å². The van der Waals surface area contributed by atoms with E-state index in [1.807, 2.05) is 0 Å². The average Bonchev–Trinajstić information content (AvgIpc) is 2.31. The molecular weight excluding hydrogens is 258 g/mol. The highest BCUT2D eigenvalue weighted by Crippen LogP contribution is 2.16. The van der Waals surface area contributed by atoms with Crippen molar-refractivity contribution < 1.29 is 19.4 Å². The number of ether oxygens (including phenoxy) is 1. The number of nitrogens with zero attached hydrogens (tertiary/aromatic N) is 1. The molecule has 1 aromatic carbocycles. The van der Waals surface area contributed by atoms with Gasteiger partial charge in [0.25, 0.3) is 0 Å². The third-order valence-electron chi connectivity index (χ3n) is 2.72. The first-order valence-corrected chi connectivity index (χ1v) is 5.80. The van der Waals surface area contributed by atoms with Crippen LogP contribution in [0.3, 0.4) is 0 Å². The first kappa shape index (κ1) is 12.9. The van der Waals surface area contributed by atoms with Gasteiger partial charge in [0.2, 0.25) is 5.91 Å². The van der Waals surface area contributed by atoms with E-state index in [-0.39, 0.29) is 25.7 Å². The number of carbonyl (C=O) groups excluding carboxylic acids is 1. The predicted octanol–water partition coefficient (Wildman–Crippen LogP) is 1.15. The Morgan fingerprint density at radius 3 is 3.00 bits per heavy atom. The fraction of sp³-hybridized carbons (Fsp3) is 0.333. The molecule has 1 unspecified atom stereocenters. The van der Waals surface area contributed by atoms with Crippen LogP contribution in [0.4, 0.5) is 0 Å². The number of aliphatic carboxylic acids is 1. The van der Waals surface area contributed by atoms with E-state index in [2.05, 4.69) is 0 Å². The van der Waals surface area contributed by atoms with Gasteiger partial charge in [-0.25, -0.2) is 4.79 Å². The van der Waals surface area contributed by atoms with Crippen molar-refractivity contribution in [2.45, 2.75) is 12.6 Å². The third-order valence-corrected chi connectivity index (χ3v) is 2.96. The molecule has 1 amide bonds. The normalized spacial score (nSPS) is 19.9. The van der Waals surface area contributed by atoms with Crippen molar-refractivity contribution in [2.75, 3.05) is 13.2 Å². The summed E-state index contributed by atoms with van der Waals surface area (Å²) in [6, 6.07) is 6.06. The molecule has 1 aliphatic rings. The van der Waals surface area contributed by atoms with E-state index in [0.29, 0.717) is 5.02 Å². The van der Waals surface area contributed by atoms with E-state index in [4.69, 9.17) is 21.4 Å². The minimum Gasteiger partial charge on any atom is -0.480 e. The quantitative estimate of drug-likeness (QED) is 0.894. The first-order valence-electron chi connectivity index (χ1n) is 5.42. The Morgan fingerprint density at radius 2 is 2.33 bits per heavy atom. The molecule has 1 heterocycles. The van der Waals surface area contributed by atoms with E-state index in [0.717, 1.165) is 5.56 Å². The van der Waals surface area contributed by atoms with E-state index >= 15 is 0 Å². The number of hydrogen-bond acceptors (Lipinski definition) is 3. The Morgan fingerprint density at radius 1 is 1.56 bits per heavy atom. The molecule has 1 fully saturated rings. The number of halogens is 1. The number of hydrogen-bond donors (Lipinski definition) is 1. The van der Waals surface area contributed by atoms with Crippen LogP contribution in [-0.2, 0) is 20.9 Å². The zero-order valence-corrected chi connectivity index (χ0v) is 10.3. The van der Waals surface area contributed by atoms with Crippen LogP contribution < -0.4 is 0 Å². The minimum atomic E-state index is -1.06. The maximum absolute atomic E-state index is 11.7. The first-order chi connectivity index (χ1) is 8.58. The van der Waals surface area contributed by atoms with Crippen molar-refractivity contribution in [1.29, 1.82) is 0 Å². The average molecular weight is 270 g/mol. The summed E-state index contributed by atoms with van der Waals surface area (Å²) in [7, 11) is 0. The van der Waals surface area contributed by atoms with Crippen LogP contribution in [0.2, 0.25) is 5.02 Å². The molecular formula is C12H12ClNO4. The largest absolute Gasteiger partial charge is 0.480 e. The monoisotopic (exact) mass is 269 g/mol. The second-order valence-corrected chi connectivity index (χ2v) is 4.46. The minimum absolute atomic E-state index is 0.0155. The van der Waals surface area contributed by atoms with Gasteiger partial charge in [-0.2, -0.15) is 0 Å². The SMILES string of the molecule is O=C(O)C1COCC(=O)N1Cc1cccc(Cl)c1. The molecule has 18 heavy (non-hydrogen) atoms. The molecule has 1 N–H and O–H groups in total. The Bertz CT molecular complexity index is 477. The van der Waals surface area contributed by atoms with Gasteiger partial charge in [-0.15, -0.1) is 0 Å². The van der Waals surface area contributed by atoms with Gasteiger partial charge >= 0.3 is 5.97 Å². The molecule has 1 aliphatic heterocycles. The lowest BCUT2D eigenvalue weighted by atomic mass is 10.1. The number of carbonyl (C=O) groups is 2. The number of benzene rings is 1. The molecule has 5 nitrogen and oxygen atoms in total. The van der Waals surface area contributed by atoms with Crippen molar-refractivity contribution in [3.63, 3.8) is 0 Å². The summed E-state index contributed by atoms with van der Waals surface area (Å²) in [5.74, 6) is -1.39. The lowest BCUT2D eigenvalue weighted by molar-refractivity contribution is -0.163. The molecule has 0 aliphatic carbocycles. The number of morpholine rings is 1. The lowest BCUT2D eigenvalue weighted by Gasteiger charge is -2.32. The number of amides is 1. The summed E-state index contributed by atoms with van der Waals surface area (Å²) in [4.78, 5) is 24.1. The molecule has 6 heteroatoms. The lowest BCUT2D eigenvalue weighted by Crippen LogP contribution is -2.52.